The molecule has 1 aromatic rings. The second-order valence-corrected chi connectivity index (χ2v) is 6.12. The summed E-state index contributed by atoms with van der Waals surface area (Å²) in [5, 5.41) is 0. The topological polar surface area (TPSA) is 72.6 Å². The summed E-state index contributed by atoms with van der Waals surface area (Å²) in [6.07, 6.45) is -3.85. The first kappa shape index (κ1) is 14.5. The van der Waals surface area contributed by atoms with E-state index in [4.69, 9.17) is 10.5 Å². The molecule has 3 fully saturated rings. The van der Waals surface area contributed by atoms with Crippen molar-refractivity contribution in [2.45, 2.75) is 31.2 Å². The van der Waals surface area contributed by atoms with E-state index in [-0.39, 0.29) is 17.9 Å². The summed E-state index contributed by atoms with van der Waals surface area (Å²) in [6.45, 7) is 0. The molecule has 2 N–H and O–H groups in total. The predicted molar refractivity (Wildman–Crippen MR) is 73.2 cm³/mol. The van der Waals surface area contributed by atoms with Gasteiger partial charge in [-0.25, -0.2) is 4.90 Å². The van der Waals surface area contributed by atoms with Gasteiger partial charge in [0.2, 0.25) is 11.8 Å². The van der Waals surface area contributed by atoms with Crippen molar-refractivity contribution in [1.29, 1.82) is 0 Å². The van der Waals surface area contributed by atoms with Gasteiger partial charge in [-0.05, 0) is 31.0 Å². The second-order valence-electron chi connectivity index (χ2n) is 6.12. The molecule has 3 saturated heterocycles. The number of amides is 2. The molecule has 23 heavy (non-hydrogen) atoms. The third-order valence-electron chi connectivity index (χ3n) is 4.88. The Morgan fingerprint density at radius 3 is 2.17 bits per heavy atom. The van der Waals surface area contributed by atoms with E-state index in [1.165, 1.54) is 6.07 Å². The third kappa shape index (κ3) is 1.90. The Bertz CT molecular complexity index is 690. The van der Waals surface area contributed by atoms with Crippen molar-refractivity contribution in [2.75, 3.05) is 10.6 Å². The van der Waals surface area contributed by atoms with E-state index in [1.54, 1.807) is 0 Å². The molecule has 0 saturated carbocycles. The monoisotopic (exact) mass is 326 g/mol. The standard InChI is InChI=1S/C15H13F3N2O3/c16-15(17,18)7-5-6(1-2-8(7)19)20-13(21)11-9-3-4-10(23-9)12(11)14(20)22/h1-2,5,9-12H,3-4,19H2/t9-,10+,11-,12+. The van der Waals surface area contributed by atoms with Gasteiger partial charge >= 0.3 is 6.18 Å². The van der Waals surface area contributed by atoms with Crippen molar-refractivity contribution in [1.82, 2.24) is 0 Å². The fraction of sp³-hybridized carbons (Fsp3) is 0.467. The SMILES string of the molecule is Nc1ccc(N2C(=O)[C@@H]3[C@H](C2=O)[C@H]2CC[C@@H]3O2)cc1C(F)(F)F. The normalized spacial score (nSPS) is 32.7. The summed E-state index contributed by atoms with van der Waals surface area (Å²) in [5.74, 6) is -2.11. The number of hydrogen-bond acceptors (Lipinski definition) is 4. The summed E-state index contributed by atoms with van der Waals surface area (Å²) in [5.41, 5.74) is 3.78. The van der Waals surface area contributed by atoms with Crippen molar-refractivity contribution in [3.63, 3.8) is 0 Å². The smallest absolute Gasteiger partial charge is 0.398 e. The van der Waals surface area contributed by atoms with Crippen LogP contribution in [0.5, 0.6) is 0 Å². The molecule has 3 aliphatic heterocycles. The summed E-state index contributed by atoms with van der Waals surface area (Å²) >= 11 is 0. The number of imide groups is 1. The zero-order valence-electron chi connectivity index (χ0n) is 11.8. The van der Waals surface area contributed by atoms with Gasteiger partial charge in [0.1, 0.15) is 0 Å². The molecule has 0 radical (unpaired) electrons. The van der Waals surface area contributed by atoms with Gasteiger partial charge in [0, 0.05) is 5.69 Å². The molecule has 0 unspecified atom stereocenters. The molecule has 0 aliphatic carbocycles. The summed E-state index contributed by atoms with van der Waals surface area (Å²) in [6, 6.07) is 3.09. The number of alkyl halides is 3. The van der Waals surface area contributed by atoms with Gasteiger partial charge in [-0.15, -0.1) is 0 Å². The van der Waals surface area contributed by atoms with Gasteiger partial charge in [0.25, 0.3) is 0 Å². The minimum atomic E-state index is -4.65. The first-order valence-corrected chi connectivity index (χ1v) is 7.29. The van der Waals surface area contributed by atoms with Crippen LogP contribution in [0.4, 0.5) is 24.5 Å². The van der Waals surface area contributed by atoms with E-state index in [0.29, 0.717) is 12.8 Å². The lowest BCUT2D eigenvalue weighted by Crippen LogP contribution is -2.34. The maximum absolute atomic E-state index is 13.0. The Labute approximate surface area is 129 Å². The van der Waals surface area contributed by atoms with Crippen LogP contribution in [0.2, 0.25) is 0 Å². The number of rotatable bonds is 1. The molecule has 3 heterocycles. The number of nitrogen functional groups attached to an aromatic ring is 1. The number of carbonyl (C=O) groups excluding carboxylic acids is 2. The van der Waals surface area contributed by atoms with Crippen LogP contribution in [0.1, 0.15) is 18.4 Å². The van der Waals surface area contributed by atoms with Crippen LogP contribution in [-0.4, -0.2) is 24.0 Å². The molecule has 122 valence electrons. The lowest BCUT2D eigenvalue weighted by Gasteiger charge is -2.19. The number of benzene rings is 1. The van der Waals surface area contributed by atoms with E-state index < -0.39 is 41.1 Å². The van der Waals surface area contributed by atoms with Gasteiger partial charge in [0.05, 0.1) is 35.3 Å². The van der Waals surface area contributed by atoms with Gasteiger partial charge in [-0.2, -0.15) is 13.2 Å². The molecule has 4 atom stereocenters. The number of anilines is 2. The Morgan fingerprint density at radius 1 is 1.09 bits per heavy atom. The highest BCUT2D eigenvalue weighted by Crippen LogP contribution is 2.49. The van der Waals surface area contributed by atoms with E-state index >= 15 is 0 Å². The van der Waals surface area contributed by atoms with Crippen LogP contribution >= 0.6 is 0 Å². The lowest BCUT2D eigenvalue weighted by atomic mass is 9.81. The third-order valence-corrected chi connectivity index (χ3v) is 4.88. The fourth-order valence-electron chi connectivity index (χ4n) is 3.90. The quantitative estimate of drug-likeness (QED) is 0.632. The van der Waals surface area contributed by atoms with Crippen LogP contribution < -0.4 is 10.6 Å². The lowest BCUT2D eigenvalue weighted by molar-refractivity contribution is -0.137. The zero-order chi connectivity index (χ0) is 16.5. The Morgan fingerprint density at radius 2 is 1.65 bits per heavy atom. The number of nitrogens with two attached hydrogens (primary N) is 1. The minimum Gasteiger partial charge on any atom is -0.398 e. The summed E-state index contributed by atoms with van der Waals surface area (Å²) in [7, 11) is 0. The number of carbonyl (C=O) groups is 2. The molecule has 3 aliphatic rings. The molecule has 5 nitrogen and oxygen atoms in total. The van der Waals surface area contributed by atoms with Crippen LogP contribution in [0.3, 0.4) is 0 Å². The van der Waals surface area contributed by atoms with Crippen molar-refractivity contribution < 1.29 is 27.5 Å². The molecule has 2 amide bonds. The number of fused-ring (bicyclic) bond motifs is 5. The van der Waals surface area contributed by atoms with E-state index in [2.05, 4.69) is 0 Å². The highest BCUT2D eigenvalue weighted by Gasteiger charge is 2.62. The fourth-order valence-corrected chi connectivity index (χ4v) is 3.90. The van der Waals surface area contributed by atoms with Crippen LogP contribution in [-0.2, 0) is 20.5 Å². The molecule has 8 heteroatoms. The average molecular weight is 326 g/mol. The zero-order valence-corrected chi connectivity index (χ0v) is 11.8. The maximum Gasteiger partial charge on any atom is 0.418 e. The average Bonchev–Trinajstić information content (AvgIpc) is 3.13. The molecule has 0 aromatic heterocycles. The number of ether oxygens (including phenoxy) is 1. The highest BCUT2D eigenvalue weighted by molar-refractivity contribution is 6.22. The van der Waals surface area contributed by atoms with Crippen molar-refractivity contribution in [3.05, 3.63) is 23.8 Å². The molecule has 0 spiro atoms. The second kappa shape index (κ2) is 4.47. The number of halogens is 3. The Hall–Kier alpha value is -2.09. The Balaban J connectivity index is 1.74. The first-order chi connectivity index (χ1) is 10.8. The largest absolute Gasteiger partial charge is 0.418 e. The van der Waals surface area contributed by atoms with Crippen molar-refractivity contribution >= 4 is 23.2 Å². The van der Waals surface area contributed by atoms with Gasteiger partial charge in [0.15, 0.2) is 0 Å². The van der Waals surface area contributed by atoms with Crippen LogP contribution in [0, 0.1) is 11.8 Å². The van der Waals surface area contributed by atoms with Gasteiger partial charge in [-0.1, -0.05) is 0 Å². The predicted octanol–water partition coefficient (Wildman–Crippen LogP) is 1.95. The van der Waals surface area contributed by atoms with Crippen molar-refractivity contribution in [2.24, 2.45) is 11.8 Å². The van der Waals surface area contributed by atoms with Crippen LogP contribution in [0.15, 0.2) is 18.2 Å². The molecule has 4 rings (SSSR count). The summed E-state index contributed by atoms with van der Waals surface area (Å²) < 4.78 is 44.6. The minimum absolute atomic E-state index is 0.0877. The van der Waals surface area contributed by atoms with Crippen LogP contribution in [0.25, 0.3) is 0 Å². The van der Waals surface area contributed by atoms with Gasteiger partial charge in [-0.3, -0.25) is 9.59 Å². The molecular weight excluding hydrogens is 313 g/mol. The van der Waals surface area contributed by atoms with Crippen molar-refractivity contribution in [3.8, 4) is 0 Å². The molecular formula is C15H13F3N2O3. The Kier molecular flexibility index (Phi) is 2.82. The molecule has 1 aromatic carbocycles. The van der Waals surface area contributed by atoms with E-state index in [0.717, 1.165) is 17.0 Å². The van der Waals surface area contributed by atoms with E-state index in [9.17, 15) is 22.8 Å². The first-order valence-electron chi connectivity index (χ1n) is 7.29. The number of hydrogen-bond donors (Lipinski definition) is 1. The summed E-state index contributed by atoms with van der Waals surface area (Å²) in [4.78, 5) is 26.0. The molecule has 2 bridgehead atoms. The maximum atomic E-state index is 13.0. The number of nitrogens with zero attached hydrogens (tertiary/aromatic N) is 1. The van der Waals surface area contributed by atoms with E-state index in [1.807, 2.05) is 0 Å². The highest BCUT2D eigenvalue weighted by atomic mass is 19.4. The van der Waals surface area contributed by atoms with Gasteiger partial charge < -0.3 is 10.5 Å².